The first-order valence-electron chi connectivity index (χ1n) is 7.22. The average molecular weight is 500 g/mol. The third-order valence-electron chi connectivity index (χ3n) is 4.00. The van der Waals surface area contributed by atoms with Crippen LogP contribution >= 0.6 is 12.6 Å². The van der Waals surface area contributed by atoms with E-state index in [0.29, 0.717) is 0 Å². The van der Waals surface area contributed by atoms with Crippen LogP contribution in [0.2, 0.25) is 0 Å². The molecule has 1 atom stereocenters. The maximum atomic E-state index is 10.6. The van der Waals surface area contributed by atoms with E-state index < -0.39 is 32.3 Å². The van der Waals surface area contributed by atoms with Gasteiger partial charge >= 0.3 is 150 Å². The molecule has 108 valence electrons. The molecule has 5 heteroatoms. The molecule has 1 aromatic rings. The Morgan fingerprint density at radius 1 is 1.41 bits per heavy atom. The van der Waals surface area contributed by atoms with Gasteiger partial charge in [-0.25, -0.2) is 0 Å². The standard InChI is InChI=1S/C17H16BO2S.Tl/c1-4-12-9-7-10-13-8-5-6-11-14(15(12)13)18-20-17(2,3)16(19)21;/h5,7-11,19,21H,6H2,2-3H3;. The van der Waals surface area contributed by atoms with E-state index in [1.807, 2.05) is 26.0 Å². The fourth-order valence-electron chi connectivity index (χ4n) is 2.42. The summed E-state index contributed by atoms with van der Waals surface area (Å²) >= 11 is 2.61. The van der Waals surface area contributed by atoms with Crippen molar-refractivity contribution in [1.82, 2.24) is 0 Å². The van der Waals surface area contributed by atoms with Crippen molar-refractivity contribution in [2.75, 3.05) is 0 Å². The van der Waals surface area contributed by atoms with Gasteiger partial charge in [-0.1, -0.05) is 0 Å². The molecule has 1 unspecified atom stereocenters. The molecule has 1 aliphatic heterocycles. The Morgan fingerprint density at radius 3 is 3.05 bits per heavy atom. The van der Waals surface area contributed by atoms with E-state index in [2.05, 4.69) is 46.3 Å². The molecule has 0 spiro atoms. The van der Waals surface area contributed by atoms with Crippen LogP contribution in [0.1, 0.15) is 37.0 Å². The van der Waals surface area contributed by atoms with Gasteiger partial charge in [0, 0.05) is 0 Å². The summed E-state index contributed by atoms with van der Waals surface area (Å²) < 4.78 is 8.11. The molecule has 0 amide bonds. The van der Waals surface area contributed by atoms with Crippen LogP contribution in [0.4, 0.5) is 0 Å². The minimum atomic E-state index is -1.84. The number of thiol groups is 1. The molecular weight excluding hydrogens is 483 g/mol. The Morgan fingerprint density at radius 2 is 2.23 bits per heavy atom. The molecule has 0 aromatic heterocycles. The second kappa shape index (κ2) is 6.20. The van der Waals surface area contributed by atoms with Gasteiger partial charge in [-0.2, -0.15) is 0 Å². The van der Waals surface area contributed by atoms with Crippen LogP contribution in [-0.4, -0.2) is 44.9 Å². The summed E-state index contributed by atoms with van der Waals surface area (Å²) in [5, 5.41) is 10.6. The molecule has 0 saturated carbocycles. The van der Waals surface area contributed by atoms with Crippen LogP contribution < -0.4 is 0 Å². The van der Waals surface area contributed by atoms with Crippen LogP contribution in [0.5, 0.6) is 0 Å². The van der Waals surface area contributed by atoms with Crippen LogP contribution in [0.15, 0.2) is 30.4 Å². The van der Waals surface area contributed by atoms with Gasteiger partial charge in [0.1, 0.15) is 0 Å². The molecule has 0 fully saturated rings. The van der Waals surface area contributed by atoms with Gasteiger partial charge < -0.3 is 0 Å². The van der Waals surface area contributed by atoms with Crippen molar-refractivity contribution < 1.29 is 9.76 Å². The Bertz CT molecular complexity index is 726. The number of hydrogen-bond acceptors (Lipinski definition) is 3. The molecule has 1 aromatic carbocycles. The zero-order chi connectivity index (χ0) is 15.8. The number of rotatable bonds is 0. The third-order valence-corrected chi connectivity index (χ3v) is 11.1. The zero-order valence-electron chi connectivity index (χ0n) is 12.6. The predicted molar refractivity (Wildman–Crippen MR) is 95.6 cm³/mol. The predicted octanol–water partition coefficient (Wildman–Crippen LogP) is 2.46. The van der Waals surface area contributed by atoms with Crippen LogP contribution in [0, 0.1) is 9.40 Å². The van der Waals surface area contributed by atoms with Crippen molar-refractivity contribution in [3.05, 3.63) is 47.0 Å². The van der Waals surface area contributed by atoms with E-state index in [-0.39, 0.29) is 0 Å². The molecule has 1 heterocycles. The van der Waals surface area contributed by atoms with Crippen molar-refractivity contribution in [2.45, 2.75) is 28.4 Å². The summed E-state index contributed by atoms with van der Waals surface area (Å²) in [7, 11) is 1.76. The van der Waals surface area contributed by atoms with Crippen molar-refractivity contribution in [1.29, 1.82) is 0 Å². The van der Waals surface area contributed by atoms with Crippen LogP contribution in [0.25, 0.3) is 11.5 Å². The number of allylic oxidation sites excluding steroid dienone is 2. The molecule has 1 aliphatic carbocycles. The molecule has 0 bridgehead atoms. The number of hydrogen-bond donors (Lipinski definition) is 2. The molecule has 2 nitrogen and oxygen atoms in total. The Kier molecular flexibility index (Phi) is 4.61. The summed E-state index contributed by atoms with van der Waals surface area (Å²) in [5.41, 5.74) is 3.53. The molecular formula is C17H16BO2STl. The van der Waals surface area contributed by atoms with Gasteiger partial charge in [0.2, 0.25) is 0 Å². The third kappa shape index (κ3) is 3.09. The average Bonchev–Trinajstić information content (AvgIpc) is 2.67. The number of benzene rings is 1. The van der Waals surface area contributed by atoms with Gasteiger partial charge in [-0.3, -0.25) is 0 Å². The van der Waals surface area contributed by atoms with E-state index in [9.17, 15) is 5.11 Å². The van der Waals surface area contributed by atoms with Crippen LogP contribution in [-0.2, 0) is 4.65 Å². The van der Waals surface area contributed by atoms with Gasteiger partial charge in [-0.05, 0) is 0 Å². The molecule has 3 rings (SSSR count). The molecule has 1 radical (unpaired) electrons. The minimum absolute atomic E-state index is 0.757. The fraction of sp³-hybridized carbons (Fsp3) is 0.294. The molecule has 0 saturated heterocycles. The number of aliphatic hydroxyl groups is 1. The monoisotopic (exact) mass is 500 g/mol. The Hall–Kier alpha value is -0.483. The van der Waals surface area contributed by atoms with Crippen molar-refractivity contribution in [2.24, 2.45) is 0 Å². The molecule has 22 heavy (non-hydrogen) atoms. The van der Waals surface area contributed by atoms with E-state index in [0.717, 1.165) is 28.6 Å². The first-order valence-corrected chi connectivity index (χ1v) is 12.2. The first kappa shape index (κ1) is 16.4. The van der Waals surface area contributed by atoms with E-state index in [1.165, 1.54) is 0 Å². The normalized spacial score (nSPS) is 25.0. The summed E-state index contributed by atoms with van der Waals surface area (Å²) in [6.07, 6.45) is 7.25. The van der Waals surface area contributed by atoms with E-state index >= 15 is 0 Å². The topological polar surface area (TPSA) is 29.5 Å². The van der Waals surface area contributed by atoms with E-state index in [1.54, 1.807) is 7.48 Å². The fourth-order valence-corrected chi connectivity index (χ4v) is 6.32. The first-order chi connectivity index (χ1) is 10.4. The quantitative estimate of drug-likeness (QED) is 0.249. The van der Waals surface area contributed by atoms with Crippen molar-refractivity contribution in [3.8, 4) is 9.40 Å². The second-order valence-corrected chi connectivity index (χ2v) is 14.0. The maximum absolute atomic E-state index is 10.6. The van der Waals surface area contributed by atoms with Crippen molar-refractivity contribution in [3.63, 3.8) is 0 Å². The Labute approximate surface area is 149 Å². The van der Waals surface area contributed by atoms with Crippen LogP contribution in [0.3, 0.4) is 0 Å². The summed E-state index contributed by atoms with van der Waals surface area (Å²) in [5.74, 6) is 3.28. The van der Waals surface area contributed by atoms with E-state index in [4.69, 9.17) is 4.65 Å². The Balaban J connectivity index is 2.16. The van der Waals surface area contributed by atoms with Gasteiger partial charge in [0.15, 0.2) is 0 Å². The molecule has 2 aliphatic rings. The van der Waals surface area contributed by atoms with Crippen molar-refractivity contribution >= 4 is 55.9 Å². The second-order valence-electron chi connectivity index (χ2n) is 5.95. The zero-order valence-corrected chi connectivity index (χ0v) is 18.0. The van der Waals surface area contributed by atoms with Gasteiger partial charge in [0.25, 0.3) is 0 Å². The summed E-state index contributed by atoms with van der Waals surface area (Å²) in [4.78, 5) is 0. The summed E-state index contributed by atoms with van der Waals surface area (Å²) in [6.45, 7) is 3.75. The SMILES string of the molecule is CC1(C)O[B]C2=CCC=Cc3cccc(c32)C#[C][Tl][C]1(O)S. The molecule has 1 N–H and O–H groups in total. The van der Waals surface area contributed by atoms with Gasteiger partial charge in [0.05, 0.1) is 0 Å². The van der Waals surface area contributed by atoms with Gasteiger partial charge in [-0.15, -0.1) is 0 Å². The summed E-state index contributed by atoms with van der Waals surface area (Å²) in [6, 6.07) is 6.15.